The van der Waals surface area contributed by atoms with Gasteiger partial charge in [-0.05, 0) is 11.2 Å². The van der Waals surface area contributed by atoms with E-state index in [1.807, 2.05) is 0 Å². The van der Waals surface area contributed by atoms with E-state index in [2.05, 4.69) is 10.5 Å². The number of furan rings is 1. The largest absolute Gasteiger partial charge is 0.447 e. The van der Waals surface area contributed by atoms with Crippen molar-refractivity contribution in [3.8, 4) is 0 Å². The topological polar surface area (TPSA) is 56.7 Å². The summed E-state index contributed by atoms with van der Waals surface area (Å²) in [7, 11) is 0. The molecule has 0 aliphatic heterocycles. The van der Waals surface area contributed by atoms with Crippen molar-refractivity contribution in [2.24, 2.45) is 5.18 Å². The van der Waals surface area contributed by atoms with Gasteiger partial charge in [0.05, 0.1) is 6.26 Å². The van der Waals surface area contributed by atoms with Gasteiger partial charge in [0.15, 0.2) is 6.67 Å². The number of hydrogen-bond donors (Lipinski definition) is 0. The van der Waals surface area contributed by atoms with Crippen molar-refractivity contribution in [3.63, 3.8) is 0 Å². The number of hydrogen-bond acceptors (Lipinski definition) is 3. The Morgan fingerprint density at radius 3 is 3.11 bits per heavy atom. The summed E-state index contributed by atoms with van der Waals surface area (Å²) in [5.74, 6) is 0.439. The molecule has 0 aliphatic carbocycles. The second-order valence-electron chi connectivity index (χ2n) is 1.38. The Morgan fingerprint density at radius 2 is 2.56 bits per heavy atom. The molecule has 9 heavy (non-hydrogen) atoms. The molecule has 0 bridgehead atoms. The van der Waals surface area contributed by atoms with E-state index in [0.717, 1.165) is 0 Å². The summed E-state index contributed by atoms with van der Waals surface area (Å²) >= 11 is 0. The molecule has 1 rings (SSSR count). The molecule has 47 valence electrons. The lowest BCUT2D eigenvalue weighted by Crippen LogP contribution is -1.92. The van der Waals surface area contributed by atoms with Gasteiger partial charge in [-0.2, -0.15) is 0 Å². The minimum absolute atomic E-state index is 0.0759. The van der Waals surface area contributed by atoms with Crippen LogP contribution >= 0.6 is 0 Å². The van der Waals surface area contributed by atoms with Crippen molar-refractivity contribution >= 4 is 5.88 Å². The van der Waals surface area contributed by atoms with Gasteiger partial charge in [0, 0.05) is 6.07 Å². The highest BCUT2D eigenvalue weighted by Gasteiger charge is 1.91. The van der Waals surface area contributed by atoms with Crippen LogP contribution in [0.2, 0.25) is 0 Å². The molecule has 0 saturated carbocycles. The van der Waals surface area contributed by atoms with Crippen LogP contribution in [0.4, 0.5) is 5.88 Å². The number of rotatable bonds is 3. The SMILES string of the molecule is O=NC[N]c1ccco1. The third-order valence-corrected chi connectivity index (χ3v) is 0.790. The third kappa shape index (κ3) is 1.56. The summed E-state index contributed by atoms with van der Waals surface area (Å²) in [4.78, 5) is 9.51. The maximum Gasteiger partial charge on any atom is 0.215 e. The van der Waals surface area contributed by atoms with E-state index >= 15 is 0 Å². The summed E-state index contributed by atoms with van der Waals surface area (Å²) < 4.78 is 4.77. The molecule has 0 unspecified atom stereocenters. The van der Waals surface area contributed by atoms with Crippen molar-refractivity contribution in [3.05, 3.63) is 23.3 Å². The summed E-state index contributed by atoms with van der Waals surface area (Å²) in [5.41, 5.74) is 0. The monoisotopic (exact) mass is 125 g/mol. The lowest BCUT2D eigenvalue weighted by atomic mass is 10.6. The van der Waals surface area contributed by atoms with Crippen LogP contribution in [0.15, 0.2) is 28.0 Å². The minimum Gasteiger partial charge on any atom is -0.447 e. The van der Waals surface area contributed by atoms with E-state index < -0.39 is 0 Å². The smallest absolute Gasteiger partial charge is 0.215 e. The van der Waals surface area contributed by atoms with Gasteiger partial charge in [-0.15, -0.1) is 4.91 Å². The molecule has 0 amide bonds. The van der Waals surface area contributed by atoms with Crippen molar-refractivity contribution in [2.75, 3.05) is 6.67 Å². The highest BCUT2D eigenvalue weighted by atomic mass is 16.3. The lowest BCUT2D eigenvalue weighted by Gasteiger charge is -1.86. The lowest BCUT2D eigenvalue weighted by molar-refractivity contribution is 0.540. The highest BCUT2D eigenvalue weighted by molar-refractivity contribution is 5.19. The van der Waals surface area contributed by atoms with Crippen LogP contribution in [0, 0.1) is 4.91 Å². The molecule has 1 aromatic heterocycles. The van der Waals surface area contributed by atoms with E-state index in [-0.39, 0.29) is 6.67 Å². The fraction of sp³-hybridized carbons (Fsp3) is 0.200. The maximum atomic E-state index is 9.51. The Morgan fingerprint density at radius 1 is 1.67 bits per heavy atom. The molecular formula is C5H5N2O2. The van der Waals surface area contributed by atoms with Gasteiger partial charge >= 0.3 is 0 Å². The average molecular weight is 125 g/mol. The zero-order valence-electron chi connectivity index (χ0n) is 4.65. The van der Waals surface area contributed by atoms with E-state index in [1.165, 1.54) is 6.26 Å². The van der Waals surface area contributed by atoms with Crippen molar-refractivity contribution in [1.29, 1.82) is 0 Å². The van der Waals surface area contributed by atoms with Crippen LogP contribution in [0.1, 0.15) is 0 Å². The van der Waals surface area contributed by atoms with Crippen LogP contribution < -0.4 is 5.32 Å². The van der Waals surface area contributed by atoms with E-state index in [0.29, 0.717) is 5.88 Å². The summed E-state index contributed by atoms with van der Waals surface area (Å²) in [5, 5.41) is 6.17. The van der Waals surface area contributed by atoms with Gasteiger partial charge in [0.25, 0.3) is 0 Å². The van der Waals surface area contributed by atoms with Crippen molar-refractivity contribution in [1.82, 2.24) is 5.32 Å². The van der Waals surface area contributed by atoms with Crippen LogP contribution in [-0.2, 0) is 0 Å². The molecule has 0 atom stereocenters. The molecule has 0 fully saturated rings. The molecule has 4 nitrogen and oxygen atoms in total. The van der Waals surface area contributed by atoms with Gasteiger partial charge in [-0.25, -0.2) is 5.32 Å². The Kier molecular flexibility index (Phi) is 1.85. The quantitative estimate of drug-likeness (QED) is 0.570. The summed E-state index contributed by atoms with van der Waals surface area (Å²) in [6.45, 7) is -0.0759. The number of nitrogens with zero attached hydrogens (tertiary/aromatic N) is 2. The normalized spacial score (nSPS) is 8.89. The molecule has 0 aliphatic rings. The van der Waals surface area contributed by atoms with Crippen molar-refractivity contribution < 1.29 is 4.42 Å². The molecule has 4 heteroatoms. The van der Waals surface area contributed by atoms with Crippen LogP contribution in [0.3, 0.4) is 0 Å². The Labute approximate surface area is 51.8 Å². The zero-order valence-corrected chi connectivity index (χ0v) is 4.65. The van der Waals surface area contributed by atoms with Crippen LogP contribution in [0.5, 0.6) is 0 Å². The molecule has 0 aromatic carbocycles. The molecule has 1 aromatic rings. The number of nitroso groups, excluding NO2 is 1. The first kappa shape index (κ1) is 5.81. The molecule has 0 N–H and O–H groups in total. The molecular weight excluding hydrogens is 120 g/mol. The van der Waals surface area contributed by atoms with E-state index in [9.17, 15) is 4.91 Å². The fourth-order valence-corrected chi connectivity index (χ4v) is 0.458. The first-order valence-corrected chi connectivity index (χ1v) is 2.43. The second kappa shape index (κ2) is 2.86. The van der Waals surface area contributed by atoms with E-state index in [1.54, 1.807) is 12.1 Å². The third-order valence-electron chi connectivity index (χ3n) is 0.790. The Hall–Kier alpha value is -1.32. The Balaban J connectivity index is 2.38. The van der Waals surface area contributed by atoms with Gasteiger partial charge in [-0.1, -0.05) is 0 Å². The van der Waals surface area contributed by atoms with Gasteiger partial charge in [0.2, 0.25) is 5.88 Å². The van der Waals surface area contributed by atoms with E-state index in [4.69, 9.17) is 4.42 Å². The minimum atomic E-state index is -0.0759. The predicted octanol–water partition coefficient (Wildman–Crippen LogP) is 1.24. The second-order valence-corrected chi connectivity index (χ2v) is 1.38. The summed E-state index contributed by atoms with van der Waals surface area (Å²) in [6, 6.07) is 3.36. The molecule has 1 radical (unpaired) electrons. The molecule has 0 spiro atoms. The first-order valence-electron chi connectivity index (χ1n) is 2.43. The van der Waals surface area contributed by atoms with Crippen LogP contribution in [0.25, 0.3) is 0 Å². The molecule has 0 saturated heterocycles. The maximum absolute atomic E-state index is 9.51. The Bertz CT molecular complexity index is 171. The fourth-order valence-electron chi connectivity index (χ4n) is 0.458. The zero-order chi connectivity index (χ0) is 6.53. The standard InChI is InChI=1S/C5H5N2O2/c8-7-4-6-5-2-1-3-9-5/h1-3H,4H2. The predicted molar refractivity (Wildman–Crippen MR) is 31.2 cm³/mol. The van der Waals surface area contributed by atoms with Crippen molar-refractivity contribution in [2.45, 2.75) is 0 Å². The highest BCUT2D eigenvalue weighted by Crippen LogP contribution is 2.05. The van der Waals surface area contributed by atoms with Gasteiger partial charge in [0.1, 0.15) is 0 Å². The van der Waals surface area contributed by atoms with Gasteiger partial charge in [-0.3, -0.25) is 0 Å². The van der Waals surface area contributed by atoms with Crippen LogP contribution in [-0.4, -0.2) is 6.67 Å². The first-order chi connectivity index (χ1) is 4.43. The van der Waals surface area contributed by atoms with Gasteiger partial charge < -0.3 is 4.42 Å². The summed E-state index contributed by atoms with van der Waals surface area (Å²) in [6.07, 6.45) is 1.49. The average Bonchev–Trinajstić information content (AvgIpc) is 2.34. The molecule has 1 heterocycles.